The maximum Gasteiger partial charge on any atom is 2.00 e. The third-order valence-corrected chi connectivity index (χ3v) is 3.08. The van der Waals surface area contributed by atoms with Gasteiger partial charge in [-0.1, -0.05) is 26.7 Å². The van der Waals surface area contributed by atoms with Crippen molar-refractivity contribution in [3.8, 4) is 0 Å². The predicted octanol–water partition coefficient (Wildman–Crippen LogP) is -7.22. The number of rotatable bonds is 6. The van der Waals surface area contributed by atoms with E-state index in [2.05, 4.69) is 24.5 Å². The SMILES string of the molecule is CCCNC1CCCCC1NCCC.[Cu+2].[O-][Cl+3]([O-])([O-])[O-].[O-][Cl+3]([O-])([O-])[O-]. The number of hydrogen-bond donors (Lipinski definition) is 2. The van der Waals surface area contributed by atoms with Crippen LogP contribution in [0.2, 0.25) is 0 Å². The number of nitrogens with one attached hydrogen (secondary N) is 2. The number of halogens is 2. The first kappa shape index (κ1) is 30.4. The van der Waals surface area contributed by atoms with Crippen LogP contribution in [0, 0.1) is 20.5 Å². The average Bonchev–Trinajstić information content (AvgIpc) is 2.40. The van der Waals surface area contributed by atoms with Crippen LogP contribution in [0.5, 0.6) is 0 Å². The molecule has 0 aliphatic heterocycles. The minimum Gasteiger partial charge on any atom is -0.312 e. The van der Waals surface area contributed by atoms with Crippen molar-refractivity contribution in [2.45, 2.75) is 64.5 Å². The zero-order valence-corrected chi connectivity index (χ0v) is 16.6. The molecule has 13 heteroatoms. The molecule has 0 spiro atoms. The molecule has 2 N–H and O–H groups in total. The van der Waals surface area contributed by atoms with E-state index >= 15 is 0 Å². The van der Waals surface area contributed by atoms with Gasteiger partial charge in [0.2, 0.25) is 0 Å². The van der Waals surface area contributed by atoms with Crippen LogP contribution in [0.15, 0.2) is 0 Å². The summed E-state index contributed by atoms with van der Waals surface area (Å²) < 4.78 is 67.9. The summed E-state index contributed by atoms with van der Waals surface area (Å²) in [4.78, 5) is 0. The third kappa shape index (κ3) is 32.8. The minimum absolute atomic E-state index is 0. The van der Waals surface area contributed by atoms with E-state index in [-0.39, 0.29) is 17.1 Å². The second kappa shape index (κ2) is 16.8. The largest absolute Gasteiger partial charge is 2.00 e. The summed E-state index contributed by atoms with van der Waals surface area (Å²) in [6.45, 7) is 6.83. The Morgan fingerprint density at radius 3 is 1.12 bits per heavy atom. The Morgan fingerprint density at radius 1 is 0.680 bits per heavy atom. The third-order valence-electron chi connectivity index (χ3n) is 3.08. The first-order valence-electron chi connectivity index (χ1n) is 7.58. The Balaban J connectivity index is -0.000000368. The van der Waals surface area contributed by atoms with Crippen LogP contribution in [0.25, 0.3) is 0 Å². The van der Waals surface area contributed by atoms with E-state index in [0.29, 0.717) is 0 Å². The number of hydrogen-bond acceptors (Lipinski definition) is 10. The summed E-state index contributed by atoms with van der Waals surface area (Å²) in [7, 11) is -9.89. The van der Waals surface area contributed by atoms with Crippen LogP contribution < -0.4 is 47.9 Å². The molecule has 0 bridgehead atoms. The second-order valence-electron chi connectivity index (χ2n) is 5.16. The fourth-order valence-electron chi connectivity index (χ4n) is 2.28. The molecule has 1 aliphatic rings. The van der Waals surface area contributed by atoms with Crippen molar-refractivity contribution in [2.75, 3.05) is 13.1 Å². The molecule has 0 aromatic carbocycles. The Morgan fingerprint density at radius 2 is 0.920 bits per heavy atom. The van der Waals surface area contributed by atoms with Gasteiger partial charge in [0, 0.05) is 12.1 Å². The average molecular weight is 461 g/mol. The summed E-state index contributed by atoms with van der Waals surface area (Å²) in [5, 5.41) is 7.34. The zero-order chi connectivity index (χ0) is 19.2. The zero-order valence-electron chi connectivity index (χ0n) is 14.1. The Bertz CT molecular complexity index is 255. The van der Waals surface area contributed by atoms with E-state index in [9.17, 15) is 0 Å². The van der Waals surface area contributed by atoms with Gasteiger partial charge in [-0.15, -0.1) is 20.5 Å². The Kier molecular flexibility index (Phi) is 20.5. The van der Waals surface area contributed by atoms with Crippen LogP contribution in [0.3, 0.4) is 0 Å². The fourth-order valence-corrected chi connectivity index (χ4v) is 2.28. The maximum absolute atomic E-state index is 8.49. The van der Waals surface area contributed by atoms with Gasteiger partial charge < -0.3 is 10.6 Å². The Labute approximate surface area is 163 Å². The summed E-state index contributed by atoms with van der Waals surface area (Å²) in [5.74, 6) is 0. The van der Waals surface area contributed by atoms with Gasteiger partial charge >= 0.3 is 17.1 Å². The van der Waals surface area contributed by atoms with Gasteiger partial charge in [-0.05, 0) is 38.8 Å². The van der Waals surface area contributed by atoms with E-state index in [4.69, 9.17) is 37.3 Å². The van der Waals surface area contributed by atoms with Gasteiger partial charge in [-0.2, -0.15) is 0 Å². The smallest absolute Gasteiger partial charge is 0.312 e. The summed E-state index contributed by atoms with van der Waals surface area (Å²) >= 11 is 0. The van der Waals surface area contributed by atoms with Crippen molar-refractivity contribution in [3.63, 3.8) is 0 Å². The summed E-state index contributed by atoms with van der Waals surface area (Å²) in [5.41, 5.74) is 0. The molecule has 2 unspecified atom stereocenters. The Hall–Kier alpha value is 0.699. The molecule has 1 saturated carbocycles. The second-order valence-corrected chi connectivity index (χ2v) is 6.67. The molecule has 0 aromatic heterocycles. The molecule has 10 nitrogen and oxygen atoms in total. The van der Waals surface area contributed by atoms with Crippen LogP contribution in [-0.4, -0.2) is 25.2 Å². The van der Waals surface area contributed by atoms with Crippen molar-refractivity contribution in [3.05, 3.63) is 0 Å². The van der Waals surface area contributed by atoms with Gasteiger partial charge in [0.15, 0.2) is 0 Å². The van der Waals surface area contributed by atoms with Gasteiger partial charge in [-0.25, -0.2) is 37.3 Å². The van der Waals surface area contributed by atoms with Crippen LogP contribution in [0.4, 0.5) is 0 Å². The van der Waals surface area contributed by atoms with E-state index in [1.54, 1.807) is 0 Å². The topological polar surface area (TPSA) is 209 Å². The summed E-state index contributed by atoms with van der Waals surface area (Å²) in [6.07, 6.45) is 8.04. The molecule has 25 heavy (non-hydrogen) atoms. The molecule has 1 fully saturated rings. The molecular formula is C12H26Cl2CuN2O8. The molecule has 0 saturated heterocycles. The van der Waals surface area contributed by atoms with Gasteiger partial charge in [0.1, 0.15) is 0 Å². The maximum atomic E-state index is 8.49. The van der Waals surface area contributed by atoms with E-state index < -0.39 is 20.5 Å². The molecule has 1 aliphatic carbocycles. The minimum atomic E-state index is -4.94. The van der Waals surface area contributed by atoms with Gasteiger partial charge in [0.25, 0.3) is 0 Å². The first-order chi connectivity index (χ1) is 10.9. The van der Waals surface area contributed by atoms with Crippen LogP contribution >= 0.6 is 0 Å². The van der Waals surface area contributed by atoms with Gasteiger partial charge in [0.05, 0.1) is 0 Å². The first-order valence-corrected chi connectivity index (χ1v) is 10.1. The fraction of sp³-hybridized carbons (Fsp3) is 1.00. The van der Waals surface area contributed by atoms with E-state index in [1.807, 2.05) is 0 Å². The van der Waals surface area contributed by atoms with Crippen LogP contribution in [0.1, 0.15) is 52.4 Å². The molecule has 1 rings (SSSR count). The van der Waals surface area contributed by atoms with Crippen molar-refractivity contribution in [2.24, 2.45) is 0 Å². The molecule has 157 valence electrons. The standard InChI is InChI=1S/C12H26N2.2ClHO4.Cu/c1-3-9-13-11-7-5-6-8-12(11)14-10-4-2;2*2-1(3,4)5;/h11-14H,3-10H2,1-2H3;2*(H,2,3,4,5);/q;;;+2/p-2. The molecule has 0 amide bonds. The molecule has 1 radical (unpaired) electrons. The molecular weight excluding hydrogens is 435 g/mol. The molecule has 0 heterocycles. The van der Waals surface area contributed by atoms with Crippen molar-refractivity contribution in [1.29, 1.82) is 0 Å². The monoisotopic (exact) mass is 459 g/mol. The van der Waals surface area contributed by atoms with Gasteiger partial charge in [-0.3, -0.25) is 0 Å². The predicted molar refractivity (Wildman–Crippen MR) is 62.6 cm³/mol. The quantitative estimate of drug-likeness (QED) is 0.357. The molecule has 2 atom stereocenters. The van der Waals surface area contributed by atoms with Crippen LogP contribution in [-0.2, 0) is 17.1 Å². The van der Waals surface area contributed by atoms with Crippen molar-refractivity contribution >= 4 is 0 Å². The van der Waals surface area contributed by atoms with E-state index in [1.165, 1.54) is 51.6 Å². The van der Waals surface area contributed by atoms with Crippen molar-refractivity contribution < 1.29 is 74.8 Å². The van der Waals surface area contributed by atoms with E-state index in [0.717, 1.165) is 12.1 Å². The molecule has 0 aromatic rings. The van der Waals surface area contributed by atoms with Crippen molar-refractivity contribution in [1.82, 2.24) is 10.6 Å². The summed E-state index contributed by atoms with van der Waals surface area (Å²) in [6, 6.07) is 1.46. The normalized spacial score (nSPS) is 20.4.